The van der Waals surface area contributed by atoms with Gasteiger partial charge in [-0.05, 0) is 23.9 Å². The van der Waals surface area contributed by atoms with Crippen molar-refractivity contribution < 1.29 is 0 Å². The fourth-order valence-electron chi connectivity index (χ4n) is 1.03. The Morgan fingerprint density at radius 1 is 1.43 bits per heavy atom. The van der Waals surface area contributed by atoms with Crippen LogP contribution in [0.2, 0.25) is 0 Å². The van der Waals surface area contributed by atoms with Crippen LogP contribution in [0.25, 0.3) is 6.08 Å². The molecule has 0 aliphatic carbocycles. The van der Waals surface area contributed by atoms with Gasteiger partial charge >= 0.3 is 0 Å². The van der Waals surface area contributed by atoms with Gasteiger partial charge in [-0.2, -0.15) is 0 Å². The number of aliphatic imine (C=N–C) groups is 1. The molecular formula is C12H18N2. The van der Waals surface area contributed by atoms with Crippen LogP contribution in [0.15, 0.2) is 29.8 Å². The minimum absolute atomic E-state index is 0.528. The van der Waals surface area contributed by atoms with E-state index in [1.165, 1.54) is 0 Å². The molecule has 0 saturated carbocycles. The van der Waals surface area contributed by atoms with E-state index < -0.39 is 0 Å². The van der Waals surface area contributed by atoms with Crippen molar-refractivity contribution >= 4 is 18.5 Å². The second-order valence-electron chi connectivity index (χ2n) is 2.46. The monoisotopic (exact) mass is 190 g/mol. The molecule has 0 unspecified atom stereocenters. The molecule has 0 heterocycles. The number of nitrogens with zero attached hydrogens (tertiary/aromatic N) is 1. The third kappa shape index (κ3) is 3.15. The van der Waals surface area contributed by atoms with Crippen molar-refractivity contribution in [2.45, 2.75) is 20.4 Å². The second-order valence-corrected chi connectivity index (χ2v) is 2.46. The number of hydrogen-bond donors (Lipinski definition) is 1. The van der Waals surface area contributed by atoms with Gasteiger partial charge in [-0.25, -0.2) is 0 Å². The third-order valence-electron chi connectivity index (χ3n) is 1.72. The quantitative estimate of drug-likeness (QED) is 0.730. The van der Waals surface area contributed by atoms with Gasteiger partial charge in [-0.1, -0.05) is 38.6 Å². The molecule has 1 aromatic carbocycles. The molecule has 1 aromatic rings. The molecule has 0 aromatic heterocycles. The van der Waals surface area contributed by atoms with Gasteiger partial charge in [-0.15, -0.1) is 0 Å². The van der Waals surface area contributed by atoms with Crippen LogP contribution < -0.4 is 5.73 Å². The average Bonchev–Trinajstić information content (AvgIpc) is 2.30. The van der Waals surface area contributed by atoms with E-state index in [1.54, 1.807) is 6.08 Å². The van der Waals surface area contributed by atoms with Crippen molar-refractivity contribution in [1.29, 1.82) is 0 Å². The van der Waals surface area contributed by atoms with E-state index in [2.05, 4.69) is 18.3 Å². The minimum Gasteiger partial charge on any atom is -0.326 e. The first kappa shape index (κ1) is 12.6. The van der Waals surface area contributed by atoms with Gasteiger partial charge in [0.25, 0.3) is 0 Å². The molecule has 0 radical (unpaired) electrons. The van der Waals surface area contributed by atoms with Crippen molar-refractivity contribution in [2.75, 3.05) is 0 Å². The predicted molar refractivity (Wildman–Crippen MR) is 65.0 cm³/mol. The lowest BCUT2D eigenvalue weighted by atomic mass is 10.1. The maximum atomic E-state index is 5.48. The number of hydrogen-bond acceptors (Lipinski definition) is 2. The summed E-state index contributed by atoms with van der Waals surface area (Å²) < 4.78 is 0. The molecule has 1 rings (SSSR count). The molecule has 2 heteroatoms. The zero-order valence-electron chi connectivity index (χ0n) is 8.96. The van der Waals surface area contributed by atoms with Crippen molar-refractivity contribution in [2.24, 2.45) is 10.7 Å². The first-order valence-corrected chi connectivity index (χ1v) is 4.74. The molecule has 2 N–H and O–H groups in total. The van der Waals surface area contributed by atoms with Crippen LogP contribution in [-0.2, 0) is 6.54 Å². The highest BCUT2D eigenvalue weighted by atomic mass is 14.7. The number of benzene rings is 1. The smallest absolute Gasteiger partial charge is 0.0697 e. The van der Waals surface area contributed by atoms with E-state index in [-0.39, 0.29) is 0 Å². The molecule has 0 atom stereocenters. The Morgan fingerprint density at radius 3 is 2.50 bits per heavy atom. The average molecular weight is 190 g/mol. The van der Waals surface area contributed by atoms with Crippen LogP contribution in [-0.4, -0.2) is 6.72 Å². The zero-order chi connectivity index (χ0) is 11.0. The molecular weight excluding hydrogens is 172 g/mol. The summed E-state index contributed by atoms with van der Waals surface area (Å²) in [5.41, 5.74) is 8.36. The Bertz CT molecular complexity index is 303. The highest BCUT2D eigenvalue weighted by Crippen LogP contribution is 2.21. The number of nitrogens with two attached hydrogens (primary N) is 1. The zero-order valence-corrected chi connectivity index (χ0v) is 8.96. The van der Waals surface area contributed by atoms with E-state index in [0.717, 1.165) is 16.8 Å². The van der Waals surface area contributed by atoms with E-state index in [9.17, 15) is 0 Å². The van der Waals surface area contributed by atoms with Crippen LogP contribution in [0, 0.1) is 0 Å². The maximum Gasteiger partial charge on any atom is 0.0697 e. The van der Waals surface area contributed by atoms with E-state index in [1.807, 2.05) is 32.0 Å². The summed E-state index contributed by atoms with van der Waals surface area (Å²) in [4.78, 5) is 3.87. The standard InChI is InChI=1S/C10H12N2.C2H6/c1-3-9-5-4-8(7-11)6-10(9)12-2;1-2/h3-6H,1-2,7,11H2;1-2H3. The molecule has 0 amide bonds. The lowest BCUT2D eigenvalue weighted by molar-refractivity contribution is 1.07. The number of rotatable bonds is 3. The molecule has 14 heavy (non-hydrogen) atoms. The van der Waals surface area contributed by atoms with Gasteiger partial charge in [-0.3, -0.25) is 4.99 Å². The van der Waals surface area contributed by atoms with Gasteiger partial charge in [0.2, 0.25) is 0 Å². The minimum atomic E-state index is 0.528. The molecule has 76 valence electrons. The summed E-state index contributed by atoms with van der Waals surface area (Å²) in [5, 5.41) is 0. The molecule has 0 spiro atoms. The Morgan fingerprint density at radius 2 is 2.07 bits per heavy atom. The summed E-state index contributed by atoms with van der Waals surface area (Å²) in [6.45, 7) is 11.7. The van der Waals surface area contributed by atoms with Crippen molar-refractivity contribution in [1.82, 2.24) is 0 Å². The van der Waals surface area contributed by atoms with Crippen LogP contribution in [0.1, 0.15) is 25.0 Å². The normalized spacial score (nSPS) is 8.50. The molecule has 0 fully saturated rings. The topological polar surface area (TPSA) is 38.4 Å². The largest absolute Gasteiger partial charge is 0.326 e. The van der Waals surface area contributed by atoms with Crippen molar-refractivity contribution in [3.05, 3.63) is 35.9 Å². The molecule has 0 bridgehead atoms. The molecule has 0 aliphatic rings. The van der Waals surface area contributed by atoms with E-state index in [4.69, 9.17) is 5.73 Å². The van der Waals surface area contributed by atoms with E-state index >= 15 is 0 Å². The van der Waals surface area contributed by atoms with Gasteiger partial charge in [0.15, 0.2) is 0 Å². The first-order valence-electron chi connectivity index (χ1n) is 4.74. The Hall–Kier alpha value is -1.41. The summed E-state index contributed by atoms with van der Waals surface area (Å²) in [7, 11) is 0. The molecule has 0 saturated heterocycles. The highest BCUT2D eigenvalue weighted by molar-refractivity contribution is 5.65. The highest BCUT2D eigenvalue weighted by Gasteiger charge is 1.97. The first-order chi connectivity index (χ1) is 6.81. The van der Waals surface area contributed by atoms with Crippen LogP contribution >= 0.6 is 0 Å². The summed E-state index contributed by atoms with van der Waals surface area (Å²) in [6.07, 6.45) is 1.75. The Labute approximate surface area is 86.2 Å². The van der Waals surface area contributed by atoms with Crippen LogP contribution in [0.5, 0.6) is 0 Å². The Kier molecular flexibility index (Phi) is 6.33. The van der Waals surface area contributed by atoms with Gasteiger partial charge in [0.05, 0.1) is 5.69 Å². The lowest BCUT2D eigenvalue weighted by Gasteiger charge is -2.02. The predicted octanol–water partition coefficient (Wildman–Crippen LogP) is 3.15. The van der Waals surface area contributed by atoms with Crippen LogP contribution in [0.4, 0.5) is 5.69 Å². The molecule has 0 aliphatic heterocycles. The van der Waals surface area contributed by atoms with Crippen molar-refractivity contribution in [3.8, 4) is 0 Å². The summed E-state index contributed by atoms with van der Waals surface area (Å²) in [6, 6.07) is 5.83. The lowest BCUT2D eigenvalue weighted by Crippen LogP contribution is -1.95. The Balaban J connectivity index is 0.000000791. The van der Waals surface area contributed by atoms with Gasteiger partial charge in [0, 0.05) is 6.54 Å². The fraction of sp³-hybridized carbons (Fsp3) is 0.250. The third-order valence-corrected chi connectivity index (χ3v) is 1.72. The molecule has 2 nitrogen and oxygen atoms in total. The van der Waals surface area contributed by atoms with Gasteiger partial charge in [0.1, 0.15) is 0 Å². The fourth-order valence-corrected chi connectivity index (χ4v) is 1.03. The summed E-state index contributed by atoms with van der Waals surface area (Å²) >= 11 is 0. The van der Waals surface area contributed by atoms with Gasteiger partial charge < -0.3 is 5.73 Å². The second kappa shape index (κ2) is 7.04. The van der Waals surface area contributed by atoms with Crippen molar-refractivity contribution in [3.63, 3.8) is 0 Å². The van der Waals surface area contributed by atoms with E-state index in [0.29, 0.717) is 6.54 Å². The maximum absolute atomic E-state index is 5.48. The van der Waals surface area contributed by atoms with Crippen LogP contribution in [0.3, 0.4) is 0 Å². The SMILES string of the molecule is C=Cc1ccc(CN)cc1N=C.CC. The summed E-state index contributed by atoms with van der Waals surface area (Å²) in [5.74, 6) is 0.